The first-order valence-electron chi connectivity index (χ1n) is 12.6. The summed E-state index contributed by atoms with van der Waals surface area (Å²) in [5.74, 6) is -0.865. The molecule has 3 aliphatic rings. The van der Waals surface area contributed by atoms with Crippen LogP contribution in [-0.4, -0.2) is 61.0 Å². The van der Waals surface area contributed by atoms with E-state index >= 15 is 0 Å². The van der Waals surface area contributed by atoms with Crippen LogP contribution in [0, 0.1) is 28.5 Å². The molecule has 0 aromatic heterocycles. The molecule has 4 atom stereocenters. The summed E-state index contributed by atoms with van der Waals surface area (Å²) >= 11 is 0. The molecule has 2 heterocycles. The molecular formula is C26H35BFN3O5. The van der Waals surface area contributed by atoms with Gasteiger partial charge in [-0.3, -0.25) is 9.69 Å². The lowest BCUT2D eigenvalue weighted by Gasteiger charge is -2.35. The molecule has 2 amide bonds. The van der Waals surface area contributed by atoms with Crippen LogP contribution in [0.2, 0.25) is 0 Å². The zero-order chi connectivity index (χ0) is 26.3. The van der Waals surface area contributed by atoms with Crippen LogP contribution < -0.4 is 10.8 Å². The zero-order valence-corrected chi connectivity index (χ0v) is 21.7. The van der Waals surface area contributed by atoms with Gasteiger partial charge in [0, 0.05) is 31.1 Å². The third kappa shape index (κ3) is 5.84. The first-order chi connectivity index (χ1) is 16.9. The van der Waals surface area contributed by atoms with Gasteiger partial charge < -0.3 is 19.4 Å². The van der Waals surface area contributed by atoms with Crippen molar-refractivity contribution in [1.29, 1.82) is 5.26 Å². The van der Waals surface area contributed by atoms with Crippen LogP contribution in [0.5, 0.6) is 0 Å². The van der Waals surface area contributed by atoms with Crippen molar-refractivity contribution in [3.63, 3.8) is 0 Å². The van der Waals surface area contributed by atoms with Crippen LogP contribution in [-0.2, 0) is 25.3 Å². The number of amides is 2. The van der Waals surface area contributed by atoms with Crippen molar-refractivity contribution in [3.05, 3.63) is 29.6 Å². The summed E-state index contributed by atoms with van der Waals surface area (Å²) < 4.78 is 31.9. The predicted molar refractivity (Wildman–Crippen MR) is 132 cm³/mol. The first-order valence-corrected chi connectivity index (χ1v) is 12.6. The van der Waals surface area contributed by atoms with Crippen LogP contribution in [0.15, 0.2) is 18.2 Å². The number of nitriles is 1. The second-order valence-electron chi connectivity index (χ2n) is 11.9. The van der Waals surface area contributed by atoms with Gasteiger partial charge in [0.1, 0.15) is 23.5 Å². The SMILES string of the molecule is CC1(C)COB(c2ccc(CC(C#N)NC(=O)C3C4CCC(C4)N3C(=O)OC(C)(C)C)c(F)c2)OC1. The quantitative estimate of drug-likeness (QED) is 0.626. The number of carbonyl (C=O) groups is 2. The minimum absolute atomic E-state index is 0.00101. The zero-order valence-electron chi connectivity index (χ0n) is 21.7. The number of likely N-dealkylation sites (tertiary alicyclic amines) is 1. The molecule has 2 bridgehead atoms. The Morgan fingerprint density at radius 3 is 2.61 bits per heavy atom. The maximum Gasteiger partial charge on any atom is 0.494 e. The van der Waals surface area contributed by atoms with Crippen LogP contribution in [0.1, 0.15) is 59.4 Å². The van der Waals surface area contributed by atoms with Crippen LogP contribution in [0.4, 0.5) is 9.18 Å². The number of rotatable bonds is 5. The van der Waals surface area contributed by atoms with Gasteiger partial charge in [0.2, 0.25) is 5.91 Å². The normalized spacial score (nSPS) is 25.9. The summed E-state index contributed by atoms with van der Waals surface area (Å²) in [7, 11) is -0.635. The molecule has 1 aromatic rings. The van der Waals surface area contributed by atoms with Gasteiger partial charge >= 0.3 is 13.2 Å². The third-order valence-electron chi connectivity index (χ3n) is 6.95. The van der Waals surface area contributed by atoms with E-state index in [0.717, 1.165) is 19.3 Å². The molecule has 36 heavy (non-hydrogen) atoms. The summed E-state index contributed by atoms with van der Waals surface area (Å²) in [4.78, 5) is 27.6. The topological polar surface area (TPSA) is 101 Å². The average Bonchev–Trinajstić information content (AvgIpc) is 3.40. The van der Waals surface area contributed by atoms with Gasteiger partial charge in [-0.05, 0) is 63.0 Å². The molecule has 194 valence electrons. The van der Waals surface area contributed by atoms with E-state index in [0.29, 0.717) is 24.2 Å². The van der Waals surface area contributed by atoms with Gasteiger partial charge in [-0.25, -0.2) is 9.18 Å². The van der Waals surface area contributed by atoms with E-state index in [1.165, 1.54) is 11.0 Å². The average molecular weight is 499 g/mol. The van der Waals surface area contributed by atoms with Crippen molar-refractivity contribution in [2.24, 2.45) is 11.3 Å². The van der Waals surface area contributed by atoms with Crippen molar-refractivity contribution in [2.75, 3.05) is 13.2 Å². The molecule has 1 saturated carbocycles. The Hall–Kier alpha value is -2.64. The second-order valence-corrected chi connectivity index (χ2v) is 11.9. The van der Waals surface area contributed by atoms with E-state index in [4.69, 9.17) is 14.0 Å². The van der Waals surface area contributed by atoms with Gasteiger partial charge in [0.15, 0.2) is 0 Å². The number of halogens is 1. The molecule has 1 N–H and O–H groups in total. The number of fused-ring (bicyclic) bond motifs is 2. The Bertz CT molecular complexity index is 1040. The van der Waals surface area contributed by atoms with E-state index < -0.39 is 42.6 Å². The maximum atomic E-state index is 14.9. The smallest absolute Gasteiger partial charge is 0.444 e. The summed E-state index contributed by atoms with van der Waals surface area (Å²) in [6.07, 6.45) is 1.91. The molecule has 8 nitrogen and oxygen atoms in total. The van der Waals surface area contributed by atoms with Crippen molar-refractivity contribution >= 4 is 24.6 Å². The summed E-state index contributed by atoms with van der Waals surface area (Å²) in [6.45, 7) is 10.4. The highest BCUT2D eigenvalue weighted by Gasteiger charge is 2.52. The van der Waals surface area contributed by atoms with E-state index in [1.807, 2.05) is 13.8 Å². The Labute approximate surface area is 212 Å². The van der Waals surface area contributed by atoms with Gasteiger partial charge in [0.05, 0.1) is 6.07 Å². The van der Waals surface area contributed by atoms with Crippen molar-refractivity contribution in [2.45, 2.75) is 84.0 Å². The highest BCUT2D eigenvalue weighted by molar-refractivity contribution is 6.61. The second kappa shape index (κ2) is 10.0. The fourth-order valence-electron chi connectivity index (χ4n) is 5.27. The minimum atomic E-state index is -0.944. The Balaban J connectivity index is 1.41. The fraction of sp³-hybridized carbons (Fsp3) is 0.654. The standard InChI is InChI=1S/C26H35BFN3O5/c1-25(2,3)36-24(33)31-20-9-7-17(11-20)22(31)23(32)30-19(13-29)10-16-6-8-18(12-21(16)28)27-34-14-26(4,5)15-35-27/h6,8,12,17,19-20,22H,7,9-11,14-15H2,1-5H3,(H,30,32). The first kappa shape index (κ1) is 26.4. The number of benzene rings is 1. The molecule has 4 rings (SSSR count). The van der Waals surface area contributed by atoms with Crippen LogP contribution in [0.25, 0.3) is 0 Å². The fourth-order valence-corrected chi connectivity index (χ4v) is 5.27. The van der Waals surface area contributed by atoms with Crippen molar-refractivity contribution in [3.8, 4) is 6.07 Å². The van der Waals surface area contributed by atoms with Gasteiger partial charge in [-0.2, -0.15) is 5.26 Å². The van der Waals surface area contributed by atoms with Gasteiger partial charge in [0.25, 0.3) is 0 Å². The number of ether oxygens (including phenoxy) is 1. The predicted octanol–water partition coefficient (Wildman–Crippen LogP) is 2.93. The third-order valence-corrected chi connectivity index (χ3v) is 6.95. The number of carbonyl (C=O) groups excluding carboxylic acids is 2. The molecule has 10 heteroatoms. The van der Waals surface area contributed by atoms with Crippen molar-refractivity contribution < 1.29 is 28.0 Å². The number of nitrogens with one attached hydrogen (secondary N) is 1. The summed E-state index contributed by atoms with van der Waals surface area (Å²) in [5, 5.41) is 12.4. The lowest BCUT2D eigenvalue weighted by molar-refractivity contribution is -0.128. The molecule has 1 aliphatic carbocycles. The maximum absolute atomic E-state index is 14.9. The minimum Gasteiger partial charge on any atom is -0.444 e. The molecule has 4 unspecified atom stereocenters. The van der Waals surface area contributed by atoms with E-state index in [-0.39, 0.29) is 23.8 Å². The van der Waals surface area contributed by atoms with Crippen LogP contribution in [0.3, 0.4) is 0 Å². The van der Waals surface area contributed by atoms with Gasteiger partial charge in [-0.1, -0.05) is 26.0 Å². The highest BCUT2D eigenvalue weighted by Crippen LogP contribution is 2.43. The molecule has 1 aromatic carbocycles. The molecule has 2 aliphatic heterocycles. The monoisotopic (exact) mass is 499 g/mol. The molecule has 0 spiro atoms. The Kier molecular flexibility index (Phi) is 7.36. The molecule has 3 fully saturated rings. The highest BCUT2D eigenvalue weighted by atomic mass is 19.1. The number of hydrogen-bond donors (Lipinski definition) is 1. The Morgan fingerprint density at radius 1 is 1.31 bits per heavy atom. The van der Waals surface area contributed by atoms with Crippen LogP contribution >= 0.6 is 0 Å². The number of hydrogen-bond acceptors (Lipinski definition) is 6. The van der Waals surface area contributed by atoms with Crippen molar-refractivity contribution in [1.82, 2.24) is 10.2 Å². The molecule has 0 radical (unpaired) electrons. The van der Waals surface area contributed by atoms with E-state index in [9.17, 15) is 19.2 Å². The molecule has 2 saturated heterocycles. The van der Waals surface area contributed by atoms with E-state index in [1.54, 1.807) is 32.9 Å². The van der Waals surface area contributed by atoms with E-state index in [2.05, 4.69) is 11.4 Å². The summed E-state index contributed by atoms with van der Waals surface area (Å²) in [5.41, 5.74) is 0.103. The van der Waals surface area contributed by atoms with Gasteiger partial charge in [-0.15, -0.1) is 0 Å². The number of nitrogens with zero attached hydrogens (tertiary/aromatic N) is 2. The Morgan fingerprint density at radius 2 is 2.00 bits per heavy atom. The lowest BCUT2D eigenvalue weighted by Crippen LogP contribution is -2.55. The summed E-state index contributed by atoms with van der Waals surface area (Å²) in [6, 6.07) is 5.06. The molecular weight excluding hydrogens is 464 g/mol. The largest absolute Gasteiger partial charge is 0.494 e. The lowest BCUT2D eigenvalue weighted by atomic mass is 9.75. The number of piperidine rings is 1.